The summed E-state index contributed by atoms with van der Waals surface area (Å²) in [7, 11) is 1.55. The van der Waals surface area contributed by atoms with Crippen LogP contribution < -0.4 is 20.1 Å². The van der Waals surface area contributed by atoms with Crippen molar-refractivity contribution in [2.45, 2.75) is 26.3 Å². The first kappa shape index (κ1) is 20.3. The molecule has 27 heavy (non-hydrogen) atoms. The fraction of sp³-hybridized carbons (Fsp3) is 0.421. The van der Waals surface area contributed by atoms with Crippen LogP contribution in [0.15, 0.2) is 23.8 Å². The predicted molar refractivity (Wildman–Crippen MR) is 98.5 cm³/mol. The molecule has 0 spiro atoms. The van der Waals surface area contributed by atoms with Gasteiger partial charge in [0.1, 0.15) is 24.1 Å². The number of fused-ring (bicyclic) bond motifs is 1. The van der Waals surface area contributed by atoms with Crippen molar-refractivity contribution in [1.82, 2.24) is 10.6 Å². The second-order valence-electron chi connectivity index (χ2n) is 6.63. The van der Waals surface area contributed by atoms with Crippen molar-refractivity contribution in [3.05, 3.63) is 29.3 Å². The van der Waals surface area contributed by atoms with E-state index in [9.17, 15) is 14.4 Å². The third-order valence-corrected chi connectivity index (χ3v) is 3.97. The Bertz CT molecular complexity index is 757. The Hall–Kier alpha value is -3.03. The molecule has 1 aliphatic heterocycles. The van der Waals surface area contributed by atoms with E-state index in [2.05, 4.69) is 10.6 Å². The molecule has 0 unspecified atom stereocenters. The summed E-state index contributed by atoms with van der Waals surface area (Å²) in [6, 6.07) is 4.29. The number of hydrogen-bond donors (Lipinski definition) is 3. The number of benzene rings is 1. The van der Waals surface area contributed by atoms with Crippen molar-refractivity contribution >= 4 is 23.9 Å². The molecule has 0 saturated heterocycles. The molecule has 8 heteroatoms. The van der Waals surface area contributed by atoms with E-state index < -0.39 is 23.8 Å². The zero-order chi connectivity index (χ0) is 20.0. The van der Waals surface area contributed by atoms with Crippen LogP contribution in [-0.4, -0.2) is 49.2 Å². The first-order chi connectivity index (χ1) is 12.8. The maximum absolute atomic E-state index is 12.3. The summed E-state index contributed by atoms with van der Waals surface area (Å²) in [5, 5.41) is 14.1. The first-order valence-corrected chi connectivity index (χ1v) is 8.62. The molecule has 0 saturated carbocycles. The number of rotatable bonds is 8. The minimum Gasteiger partial charge on any atom is -0.497 e. The van der Waals surface area contributed by atoms with Crippen LogP contribution >= 0.6 is 0 Å². The van der Waals surface area contributed by atoms with Gasteiger partial charge in [0.15, 0.2) is 0 Å². The summed E-state index contributed by atoms with van der Waals surface area (Å²) >= 11 is 0. The molecule has 1 aromatic rings. The number of carboxylic acid groups (broad SMARTS) is 1. The Morgan fingerprint density at radius 1 is 1.30 bits per heavy atom. The number of ether oxygens (including phenoxy) is 2. The molecule has 1 heterocycles. The van der Waals surface area contributed by atoms with Gasteiger partial charge in [-0.1, -0.05) is 13.8 Å². The summed E-state index contributed by atoms with van der Waals surface area (Å²) in [5.41, 5.74) is 1.07. The molecule has 0 bridgehead atoms. The van der Waals surface area contributed by atoms with Crippen LogP contribution in [-0.2, 0) is 14.4 Å². The van der Waals surface area contributed by atoms with Crippen LogP contribution in [0.3, 0.4) is 0 Å². The molecule has 2 rings (SSSR count). The smallest absolute Gasteiger partial charge is 0.326 e. The van der Waals surface area contributed by atoms with Gasteiger partial charge in [0.25, 0.3) is 5.91 Å². The fourth-order valence-electron chi connectivity index (χ4n) is 2.63. The topological polar surface area (TPSA) is 114 Å². The van der Waals surface area contributed by atoms with Gasteiger partial charge in [-0.2, -0.15) is 0 Å². The van der Waals surface area contributed by atoms with Crippen LogP contribution in [0, 0.1) is 5.92 Å². The minimum atomic E-state index is -1.10. The molecule has 8 nitrogen and oxygen atoms in total. The van der Waals surface area contributed by atoms with Crippen molar-refractivity contribution in [2.75, 3.05) is 20.3 Å². The number of amides is 2. The molecule has 0 fully saturated rings. The number of hydrogen-bond acceptors (Lipinski definition) is 5. The largest absolute Gasteiger partial charge is 0.497 e. The lowest BCUT2D eigenvalue weighted by atomic mass is 10.0. The molecule has 0 aliphatic carbocycles. The van der Waals surface area contributed by atoms with Gasteiger partial charge >= 0.3 is 5.97 Å². The van der Waals surface area contributed by atoms with Gasteiger partial charge in [0, 0.05) is 5.56 Å². The maximum Gasteiger partial charge on any atom is 0.326 e. The highest BCUT2D eigenvalue weighted by molar-refractivity contribution is 6.00. The Morgan fingerprint density at radius 3 is 2.67 bits per heavy atom. The number of carbonyl (C=O) groups is 3. The van der Waals surface area contributed by atoms with Crippen LogP contribution in [0.1, 0.15) is 25.8 Å². The van der Waals surface area contributed by atoms with Crippen molar-refractivity contribution < 1.29 is 29.0 Å². The van der Waals surface area contributed by atoms with Crippen molar-refractivity contribution in [3.8, 4) is 11.5 Å². The summed E-state index contributed by atoms with van der Waals surface area (Å²) in [6.45, 7) is 3.50. The van der Waals surface area contributed by atoms with Crippen molar-refractivity contribution in [1.29, 1.82) is 0 Å². The third kappa shape index (κ3) is 5.73. The maximum atomic E-state index is 12.3. The molecule has 0 aromatic heterocycles. The van der Waals surface area contributed by atoms with Gasteiger partial charge in [-0.05, 0) is 36.6 Å². The lowest BCUT2D eigenvalue weighted by Crippen LogP contribution is -2.46. The minimum absolute atomic E-state index is 0.0812. The highest BCUT2D eigenvalue weighted by Gasteiger charge is 2.22. The molecule has 1 atom stereocenters. The Morgan fingerprint density at radius 2 is 2.04 bits per heavy atom. The first-order valence-electron chi connectivity index (χ1n) is 8.62. The van der Waals surface area contributed by atoms with Gasteiger partial charge in [0.2, 0.25) is 5.91 Å². The summed E-state index contributed by atoms with van der Waals surface area (Å²) in [4.78, 5) is 35.4. The normalized spacial score (nSPS) is 13.7. The van der Waals surface area contributed by atoms with Crippen molar-refractivity contribution in [2.24, 2.45) is 5.92 Å². The van der Waals surface area contributed by atoms with Gasteiger partial charge in [-0.3, -0.25) is 9.59 Å². The molecule has 1 aromatic carbocycles. The van der Waals surface area contributed by atoms with E-state index in [1.807, 2.05) is 13.8 Å². The number of methoxy groups -OCH3 is 1. The highest BCUT2D eigenvalue weighted by atomic mass is 16.5. The molecule has 3 N–H and O–H groups in total. The average molecular weight is 376 g/mol. The van der Waals surface area contributed by atoms with Crippen LogP contribution in [0.4, 0.5) is 0 Å². The summed E-state index contributed by atoms with van der Waals surface area (Å²) < 4.78 is 10.7. The zero-order valence-electron chi connectivity index (χ0n) is 15.6. The highest BCUT2D eigenvalue weighted by Crippen LogP contribution is 2.29. The van der Waals surface area contributed by atoms with E-state index in [4.69, 9.17) is 14.6 Å². The van der Waals surface area contributed by atoms with Gasteiger partial charge in [-0.25, -0.2) is 4.79 Å². The number of carboxylic acids is 1. The quantitative estimate of drug-likeness (QED) is 0.628. The van der Waals surface area contributed by atoms with E-state index in [1.54, 1.807) is 31.4 Å². The van der Waals surface area contributed by atoms with E-state index >= 15 is 0 Å². The third-order valence-electron chi connectivity index (χ3n) is 3.97. The van der Waals surface area contributed by atoms with E-state index in [0.717, 1.165) is 0 Å². The Balaban J connectivity index is 1.94. The van der Waals surface area contributed by atoms with E-state index in [1.165, 1.54) is 0 Å². The second-order valence-corrected chi connectivity index (χ2v) is 6.63. The van der Waals surface area contributed by atoms with Gasteiger partial charge < -0.3 is 25.2 Å². The number of nitrogens with one attached hydrogen (secondary N) is 2. The van der Waals surface area contributed by atoms with Gasteiger partial charge in [0.05, 0.1) is 19.2 Å². The fourth-order valence-corrected chi connectivity index (χ4v) is 2.63. The lowest BCUT2D eigenvalue weighted by molar-refractivity contribution is -0.142. The number of carbonyl (C=O) groups excluding carboxylic acids is 2. The van der Waals surface area contributed by atoms with E-state index in [0.29, 0.717) is 29.1 Å². The van der Waals surface area contributed by atoms with Gasteiger partial charge in [-0.15, -0.1) is 0 Å². The van der Waals surface area contributed by atoms with Crippen LogP contribution in [0.2, 0.25) is 0 Å². The average Bonchev–Trinajstić information content (AvgIpc) is 2.64. The van der Waals surface area contributed by atoms with E-state index in [-0.39, 0.29) is 19.1 Å². The van der Waals surface area contributed by atoms with Crippen molar-refractivity contribution in [3.63, 3.8) is 0 Å². The molecule has 2 amide bonds. The molecule has 146 valence electrons. The molecule has 0 radical (unpaired) electrons. The van der Waals surface area contributed by atoms with Crippen LogP contribution in [0.25, 0.3) is 6.08 Å². The predicted octanol–water partition coefficient (Wildman–Crippen LogP) is 1.20. The lowest BCUT2D eigenvalue weighted by Gasteiger charge is -2.19. The monoisotopic (exact) mass is 376 g/mol. The standard InChI is InChI=1S/C19H24N2O6/c1-11(2)6-15(19(24)25)21-17(22)9-20-18(23)13-7-12-8-14(26-3)4-5-16(12)27-10-13/h4-5,7-8,11,15H,6,9-10H2,1-3H3,(H,20,23)(H,21,22)(H,24,25)/t15-/m0/s1. The second kappa shape index (κ2) is 9.07. The molecular weight excluding hydrogens is 352 g/mol. The number of aliphatic carboxylic acids is 1. The Kier molecular flexibility index (Phi) is 6.81. The van der Waals surface area contributed by atoms with Crippen LogP contribution in [0.5, 0.6) is 11.5 Å². The molecular formula is C19H24N2O6. The zero-order valence-corrected chi connectivity index (χ0v) is 15.6. The summed E-state index contributed by atoms with van der Waals surface area (Å²) in [6.07, 6.45) is 1.99. The molecule has 1 aliphatic rings. The SMILES string of the molecule is COc1ccc2c(c1)C=C(C(=O)NCC(=O)N[C@@H](CC(C)C)C(=O)O)CO2. The Labute approximate surface area is 157 Å². The summed E-state index contributed by atoms with van der Waals surface area (Å²) in [5.74, 6) is -0.715.